The maximum atomic E-state index is 12.4. The fourth-order valence-corrected chi connectivity index (χ4v) is 5.46. The number of carbonyl (C=O) groups is 2. The number of hydrogen-bond acceptors (Lipinski definition) is 8. The molecule has 212 valence electrons. The van der Waals surface area contributed by atoms with Gasteiger partial charge in [-0.2, -0.15) is 0 Å². The van der Waals surface area contributed by atoms with Crippen LogP contribution in [0.3, 0.4) is 0 Å². The Morgan fingerprint density at radius 1 is 1.24 bits per heavy atom. The number of hydrogen-bond donors (Lipinski definition) is 2. The van der Waals surface area contributed by atoms with Crippen LogP contribution < -0.4 is 20.3 Å². The minimum atomic E-state index is -0.321. The van der Waals surface area contributed by atoms with Gasteiger partial charge in [-0.1, -0.05) is 24.8 Å². The molecule has 10 heteroatoms. The van der Waals surface area contributed by atoms with Crippen molar-refractivity contribution in [2.75, 3.05) is 49.8 Å². The van der Waals surface area contributed by atoms with E-state index in [4.69, 9.17) is 9.72 Å². The zero-order valence-corrected chi connectivity index (χ0v) is 23.8. The van der Waals surface area contributed by atoms with Crippen molar-refractivity contribution in [2.45, 2.75) is 18.9 Å². The third kappa shape index (κ3) is 5.64. The molecule has 5 rings (SSSR count). The van der Waals surface area contributed by atoms with Crippen molar-refractivity contribution in [3.63, 3.8) is 0 Å². The van der Waals surface area contributed by atoms with Crippen molar-refractivity contribution >= 4 is 46.1 Å². The Bertz CT molecular complexity index is 1610. The van der Waals surface area contributed by atoms with Crippen LogP contribution in [0.25, 0.3) is 22.2 Å². The molecule has 0 bridgehead atoms. The van der Waals surface area contributed by atoms with Gasteiger partial charge in [0.05, 0.1) is 35.4 Å². The zero-order chi connectivity index (χ0) is 29.1. The maximum absolute atomic E-state index is 12.4. The number of fused-ring (bicyclic) bond motifs is 1. The van der Waals surface area contributed by atoms with Crippen LogP contribution in [0, 0.1) is 0 Å². The SMILES string of the molecule is C=CC(=O)Nc1cc(Nc2ncc(C=O)c(-c3cn(C)c4ccccc34)n2)c(OC)cc1N(C)CC1CCCN1C. The summed E-state index contributed by atoms with van der Waals surface area (Å²) in [5, 5.41) is 7.16. The number of aryl methyl sites for hydroxylation is 1. The van der Waals surface area contributed by atoms with E-state index >= 15 is 0 Å². The van der Waals surface area contributed by atoms with E-state index < -0.39 is 0 Å². The molecule has 0 radical (unpaired) electrons. The number of anilines is 4. The first-order chi connectivity index (χ1) is 19.8. The summed E-state index contributed by atoms with van der Waals surface area (Å²) in [7, 11) is 7.70. The molecule has 10 nitrogen and oxygen atoms in total. The first-order valence-corrected chi connectivity index (χ1v) is 13.5. The minimum absolute atomic E-state index is 0.284. The summed E-state index contributed by atoms with van der Waals surface area (Å²) in [6.07, 6.45) is 7.76. The molecule has 2 aromatic carbocycles. The number of ether oxygens (including phenoxy) is 1. The first-order valence-electron chi connectivity index (χ1n) is 13.5. The number of para-hydroxylation sites is 1. The normalized spacial score (nSPS) is 15.1. The number of benzene rings is 2. The van der Waals surface area contributed by atoms with E-state index in [0.717, 1.165) is 48.0 Å². The van der Waals surface area contributed by atoms with Crippen LogP contribution in [0.15, 0.2) is 61.4 Å². The molecule has 0 saturated carbocycles. The van der Waals surface area contributed by atoms with Gasteiger partial charge in [0.25, 0.3) is 0 Å². The molecule has 1 fully saturated rings. The van der Waals surface area contributed by atoms with Gasteiger partial charge >= 0.3 is 0 Å². The van der Waals surface area contributed by atoms with Crippen molar-refractivity contribution in [2.24, 2.45) is 7.05 Å². The molecule has 4 aromatic rings. The number of likely N-dealkylation sites (tertiary alicyclic amines) is 1. The molecular formula is C31H35N7O3. The zero-order valence-electron chi connectivity index (χ0n) is 23.8. The van der Waals surface area contributed by atoms with Gasteiger partial charge in [0.15, 0.2) is 6.29 Å². The number of aromatic nitrogens is 3. The monoisotopic (exact) mass is 553 g/mol. The van der Waals surface area contributed by atoms with E-state index in [9.17, 15) is 9.59 Å². The summed E-state index contributed by atoms with van der Waals surface area (Å²) >= 11 is 0. The largest absolute Gasteiger partial charge is 0.494 e. The Kier molecular flexibility index (Phi) is 8.02. The van der Waals surface area contributed by atoms with Crippen LogP contribution in [0.1, 0.15) is 23.2 Å². The summed E-state index contributed by atoms with van der Waals surface area (Å²) in [5.74, 6) is 0.517. The summed E-state index contributed by atoms with van der Waals surface area (Å²) in [4.78, 5) is 38.0. The quantitative estimate of drug-likeness (QED) is 0.212. The van der Waals surface area contributed by atoms with Crippen molar-refractivity contribution in [3.8, 4) is 17.0 Å². The van der Waals surface area contributed by atoms with Crippen molar-refractivity contribution in [1.29, 1.82) is 0 Å². The highest BCUT2D eigenvalue weighted by Gasteiger charge is 2.24. The number of likely N-dealkylation sites (N-methyl/N-ethyl adjacent to an activating group) is 2. The molecular weight excluding hydrogens is 518 g/mol. The van der Waals surface area contributed by atoms with Gasteiger partial charge in [0.2, 0.25) is 11.9 Å². The molecule has 2 N–H and O–H groups in total. The smallest absolute Gasteiger partial charge is 0.247 e. The molecule has 1 unspecified atom stereocenters. The second-order valence-electron chi connectivity index (χ2n) is 10.3. The van der Waals surface area contributed by atoms with E-state index in [1.807, 2.05) is 55.2 Å². The number of aldehydes is 1. The molecule has 1 atom stereocenters. The summed E-state index contributed by atoms with van der Waals surface area (Å²) in [5.41, 5.74) is 4.73. The Hall–Kier alpha value is -4.70. The van der Waals surface area contributed by atoms with Crippen LogP contribution in [-0.4, -0.2) is 72.0 Å². The lowest BCUT2D eigenvalue weighted by Gasteiger charge is -2.29. The molecule has 1 aliphatic rings. The van der Waals surface area contributed by atoms with E-state index in [2.05, 4.69) is 39.0 Å². The average molecular weight is 554 g/mol. The molecule has 3 heterocycles. The van der Waals surface area contributed by atoms with Crippen LogP contribution in [0.4, 0.5) is 23.0 Å². The minimum Gasteiger partial charge on any atom is -0.494 e. The standard InChI is InChI=1S/C31H35N7O3/c1-6-29(40)33-24-14-25(28(41-5)15-27(24)37(3)17-21-10-9-13-36(21)2)34-31-32-16-20(19-39)30(35-31)23-18-38(4)26-12-8-7-11-22(23)26/h6-8,11-12,14-16,18-19,21H,1,9-10,13,17H2,2-5H3,(H,33,40)(H,32,34,35). The van der Waals surface area contributed by atoms with E-state index in [-0.39, 0.29) is 11.9 Å². The Labute approximate surface area is 239 Å². The lowest BCUT2D eigenvalue weighted by Crippen LogP contribution is -2.37. The molecule has 2 aromatic heterocycles. The lowest BCUT2D eigenvalue weighted by molar-refractivity contribution is -0.111. The topological polar surface area (TPSA) is 105 Å². The number of methoxy groups -OCH3 is 1. The predicted octanol–water partition coefficient (Wildman–Crippen LogP) is 4.85. The Balaban J connectivity index is 1.53. The summed E-state index contributed by atoms with van der Waals surface area (Å²) < 4.78 is 7.76. The first kappa shape index (κ1) is 27.9. The van der Waals surface area contributed by atoms with Gasteiger partial charge < -0.3 is 29.7 Å². The highest BCUT2D eigenvalue weighted by atomic mass is 16.5. The van der Waals surface area contributed by atoms with Crippen LogP contribution in [0.5, 0.6) is 5.75 Å². The molecule has 1 aliphatic heterocycles. The van der Waals surface area contributed by atoms with Crippen molar-refractivity contribution in [3.05, 3.63) is 67.0 Å². The van der Waals surface area contributed by atoms with Gasteiger partial charge in [0, 0.05) is 61.6 Å². The number of carbonyl (C=O) groups excluding carboxylic acids is 2. The fraction of sp³-hybridized carbons (Fsp3) is 0.290. The van der Waals surface area contributed by atoms with Crippen molar-refractivity contribution in [1.82, 2.24) is 19.4 Å². The van der Waals surface area contributed by atoms with Crippen molar-refractivity contribution < 1.29 is 14.3 Å². The number of nitrogens with zero attached hydrogens (tertiary/aromatic N) is 5. The molecule has 1 saturated heterocycles. The van der Waals surface area contributed by atoms with Gasteiger partial charge in [-0.25, -0.2) is 9.97 Å². The third-order valence-corrected chi connectivity index (χ3v) is 7.67. The Morgan fingerprint density at radius 3 is 2.76 bits per heavy atom. The fourth-order valence-electron chi connectivity index (χ4n) is 5.46. The van der Waals surface area contributed by atoms with Gasteiger partial charge in [-0.15, -0.1) is 0 Å². The highest BCUT2D eigenvalue weighted by Crippen LogP contribution is 2.39. The summed E-state index contributed by atoms with van der Waals surface area (Å²) in [6.45, 7) is 5.48. The Morgan fingerprint density at radius 2 is 2.05 bits per heavy atom. The average Bonchev–Trinajstić information content (AvgIpc) is 3.54. The van der Waals surface area contributed by atoms with Gasteiger partial charge in [-0.05, 0) is 44.6 Å². The van der Waals surface area contributed by atoms with Gasteiger partial charge in [0.1, 0.15) is 5.75 Å². The predicted molar refractivity (Wildman–Crippen MR) is 163 cm³/mol. The number of nitrogens with one attached hydrogen (secondary N) is 2. The van der Waals surface area contributed by atoms with E-state index in [0.29, 0.717) is 34.4 Å². The van der Waals surface area contributed by atoms with E-state index in [1.54, 1.807) is 13.2 Å². The van der Waals surface area contributed by atoms with E-state index in [1.165, 1.54) is 18.7 Å². The van der Waals surface area contributed by atoms with Crippen LogP contribution in [-0.2, 0) is 11.8 Å². The lowest BCUT2D eigenvalue weighted by atomic mass is 10.1. The molecule has 1 amide bonds. The van der Waals surface area contributed by atoms with Gasteiger partial charge in [-0.3, -0.25) is 9.59 Å². The second kappa shape index (κ2) is 11.8. The maximum Gasteiger partial charge on any atom is 0.247 e. The highest BCUT2D eigenvalue weighted by molar-refractivity contribution is 6.02. The molecule has 41 heavy (non-hydrogen) atoms. The molecule has 0 spiro atoms. The second-order valence-corrected chi connectivity index (χ2v) is 10.3. The third-order valence-electron chi connectivity index (χ3n) is 7.67. The van der Waals surface area contributed by atoms with Crippen LogP contribution >= 0.6 is 0 Å². The number of rotatable bonds is 10. The summed E-state index contributed by atoms with van der Waals surface area (Å²) in [6, 6.07) is 12.1. The molecule has 0 aliphatic carbocycles. The number of amides is 1. The van der Waals surface area contributed by atoms with Crippen LogP contribution in [0.2, 0.25) is 0 Å².